The van der Waals surface area contributed by atoms with E-state index in [4.69, 9.17) is 11.6 Å². The largest absolute Gasteiger partial charge is 0.300 e. The molecule has 0 radical (unpaired) electrons. The van der Waals surface area contributed by atoms with Gasteiger partial charge in [-0.25, -0.2) is 0 Å². The van der Waals surface area contributed by atoms with Crippen LogP contribution >= 0.6 is 11.6 Å². The molecule has 0 aromatic rings. The summed E-state index contributed by atoms with van der Waals surface area (Å²) in [6, 6.07) is 0. The molecule has 0 aliphatic carbocycles. The molecule has 1 atom stereocenters. The summed E-state index contributed by atoms with van der Waals surface area (Å²) in [6.07, 6.45) is 0.615. The molecule has 0 aromatic carbocycles. The van der Waals surface area contributed by atoms with Gasteiger partial charge in [-0.2, -0.15) is 0 Å². The van der Waals surface area contributed by atoms with Gasteiger partial charge in [-0.05, 0) is 12.8 Å². The lowest BCUT2D eigenvalue weighted by Gasteiger charge is -2.00. The van der Waals surface area contributed by atoms with E-state index in [1.54, 1.807) is 6.92 Å². The molecule has 0 aliphatic heterocycles. The highest BCUT2D eigenvalue weighted by Gasteiger charge is 2.01. The Balaban J connectivity index is 3.24. The van der Waals surface area contributed by atoms with Crippen molar-refractivity contribution in [1.29, 1.82) is 0 Å². The lowest BCUT2D eigenvalue weighted by molar-refractivity contribution is -0.117. The normalized spacial score (nSPS) is 13.4. The van der Waals surface area contributed by atoms with Gasteiger partial charge in [0.2, 0.25) is 0 Å². The number of rotatable bonds is 3. The van der Waals surface area contributed by atoms with Gasteiger partial charge in [0.15, 0.2) is 0 Å². The third kappa shape index (κ3) is 4.13. The van der Waals surface area contributed by atoms with Crippen LogP contribution in [0.25, 0.3) is 0 Å². The monoisotopic (exact) mass is 134 g/mol. The fourth-order valence-electron chi connectivity index (χ4n) is 0.545. The van der Waals surface area contributed by atoms with Gasteiger partial charge in [-0.3, -0.25) is 0 Å². The molecular weight excluding hydrogens is 124 g/mol. The molecule has 0 amide bonds. The van der Waals surface area contributed by atoms with Gasteiger partial charge in [-0.1, -0.05) is 6.92 Å². The van der Waals surface area contributed by atoms with Crippen LogP contribution in [0.2, 0.25) is 0 Å². The molecule has 0 N–H and O–H groups in total. The summed E-state index contributed by atoms with van der Waals surface area (Å²) in [5, 5.41) is 0. The fourth-order valence-corrected chi connectivity index (χ4v) is 0.654. The number of hydrogen-bond donors (Lipinski definition) is 0. The molecule has 0 saturated carbocycles. The van der Waals surface area contributed by atoms with Crippen molar-refractivity contribution in [2.45, 2.75) is 20.3 Å². The first-order chi connectivity index (χ1) is 3.66. The van der Waals surface area contributed by atoms with Crippen LogP contribution < -0.4 is 0 Å². The van der Waals surface area contributed by atoms with Gasteiger partial charge in [-0.15, -0.1) is 11.6 Å². The Labute approximate surface area is 55.0 Å². The first kappa shape index (κ1) is 7.96. The standard InChI is InChI=1S/C6H11ClO/c1-5(4-7)3-6(2)8/h5H,3-4H2,1-2H3. The van der Waals surface area contributed by atoms with E-state index in [0.29, 0.717) is 18.2 Å². The fraction of sp³-hybridized carbons (Fsp3) is 0.833. The Morgan fingerprint density at radius 1 is 1.75 bits per heavy atom. The summed E-state index contributed by atoms with van der Waals surface area (Å²) in [6.45, 7) is 3.55. The highest BCUT2D eigenvalue weighted by Crippen LogP contribution is 2.03. The summed E-state index contributed by atoms with van der Waals surface area (Å²) in [5.41, 5.74) is 0. The molecule has 8 heavy (non-hydrogen) atoms. The molecule has 2 heteroatoms. The van der Waals surface area contributed by atoms with E-state index in [1.165, 1.54) is 0 Å². The predicted octanol–water partition coefficient (Wildman–Crippen LogP) is 1.84. The maximum atomic E-state index is 10.4. The first-order valence-corrected chi connectivity index (χ1v) is 3.25. The van der Waals surface area contributed by atoms with E-state index < -0.39 is 0 Å². The number of halogens is 1. The van der Waals surface area contributed by atoms with Crippen LogP contribution in [0, 0.1) is 5.92 Å². The molecule has 0 fully saturated rings. The smallest absolute Gasteiger partial charge is 0.130 e. The average molecular weight is 135 g/mol. The second-order valence-corrected chi connectivity index (χ2v) is 2.47. The molecule has 0 aliphatic rings. The van der Waals surface area contributed by atoms with E-state index in [-0.39, 0.29) is 5.78 Å². The zero-order valence-electron chi connectivity index (χ0n) is 5.28. The minimum absolute atomic E-state index is 0.221. The third-order valence-electron chi connectivity index (χ3n) is 0.899. The van der Waals surface area contributed by atoms with Crippen molar-refractivity contribution in [2.75, 3.05) is 5.88 Å². The van der Waals surface area contributed by atoms with E-state index in [2.05, 4.69) is 0 Å². The van der Waals surface area contributed by atoms with Crippen LogP contribution in [-0.4, -0.2) is 11.7 Å². The quantitative estimate of drug-likeness (QED) is 0.539. The van der Waals surface area contributed by atoms with Crippen molar-refractivity contribution >= 4 is 17.4 Å². The van der Waals surface area contributed by atoms with Gasteiger partial charge < -0.3 is 4.79 Å². The van der Waals surface area contributed by atoms with Crippen molar-refractivity contribution in [2.24, 2.45) is 5.92 Å². The van der Waals surface area contributed by atoms with Crippen molar-refractivity contribution in [3.63, 3.8) is 0 Å². The van der Waals surface area contributed by atoms with E-state index >= 15 is 0 Å². The van der Waals surface area contributed by atoms with Gasteiger partial charge >= 0.3 is 0 Å². The van der Waals surface area contributed by atoms with E-state index in [1.807, 2.05) is 6.92 Å². The molecule has 0 spiro atoms. The van der Waals surface area contributed by atoms with Crippen molar-refractivity contribution < 1.29 is 4.79 Å². The lowest BCUT2D eigenvalue weighted by Crippen LogP contribution is -2.01. The van der Waals surface area contributed by atoms with E-state index in [0.717, 1.165) is 0 Å². The number of Topliss-reactive ketones (excluding diaryl/α,β-unsaturated/α-hetero) is 1. The number of ketones is 1. The Hall–Kier alpha value is -0.0400. The van der Waals surface area contributed by atoms with Crippen LogP contribution in [0.15, 0.2) is 0 Å². The van der Waals surface area contributed by atoms with Crippen molar-refractivity contribution in [1.82, 2.24) is 0 Å². The second kappa shape index (κ2) is 3.90. The second-order valence-electron chi connectivity index (χ2n) is 2.17. The average Bonchev–Trinajstić information content (AvgIpc) is 1.65. The minimum Gasteiger partial charge on any atom is -0.300 e. The molecule has 0 heterocycles. The van der Waals surface area contributed by atoms with Crippen LogP contribution in [0.1, 0.15) is 20.3 Å². The number of alkyl halides is 1. The van der Waals surface area contributed by atoms with Crippen LogP contribution in [0.4, 0.5) is 0 Å². The third-order valence-corrected chi connectivity index (χ3v) is 1.43. The molecule has 0 aromatic heterocycles. The van der Waals surface area contributed by atoms with E-state index in [9.17, 15) is 4.79 Å². The summed E-state index contributed by atoms with van der Waals surface area (Å²) in [7, 11) is 0. The summed E-state index contributed by atoms with van der Waals surface area (Å²) in [4.78, 5) is 10.4. The van der Waals surface area contributed by atoms with Crippen molar-refractivity contribution in [3.8, 4) is 0 Å². The number of carbonyl (C=O) groups is 1. The number of carbonyl (C=O) groups excluding carboxylic acids is 1. The predicted molar refractivity (Wildman–Crippen MR) is 35.2 cm³/mol. The minimum atomic E-state index is 0.221. The Bertz CT molecular complexity index is 80.6. The van der Waals surface area contributed by atoms with Crippen LogP contribution in [0.3, 0.4) is 0 Å². The Morgan fingerprint density at radius 3 is 2.38 bits per heavy atom. The van der Waals surface area contributed by atoms with Gasteiger partial charge in [0.25, 0.3) is 0 Å². The Morgan fingerprint density at radius 2 is 2.25 bits per heavy atom. The maximum Gasteiger partial charge on any atom is 0.130 e. The van der Waals surface area contributed by atoms with Crippen molar-refractivity contribution in [3.05, 3.63) is 0 Å². The summed E-state index contributed by atoms with van der Waals surface area (Å²) < 4.78 is 0. The molecular formula is C6H11ClO. The lowest BCUT2D eigenvalue weighted by atomic mass is 10.1. The molecule has 0 bridgehead atoms. The zero-order valence-corrected chi connectivity index (χ0v) is 6.03. The van der Waals surface area contributed by atoms with Crippen LogP contribution in [0.5, 0.6) is 0 Å². The SMILES string of the molecule is CC(=O)CC(C)CCl. The summed E-state index contributed by atoms with van der Waals surface area (Å²) in [5.74, 6) is 1.15. The van der Waals surface area contributed by atoms with Gasteiger partial charge in [0.1, 0.15) is 5.78 Å². The molecule has 0 saturated heterocycles. The highest BCUT2D eigenvalue weighted by molar-refractivity contribution is 6.18. The number of hydrogen-bond acceptors (Lipinski definition) is 1. The molecule has 1 nitrogen and oxygen atoms in total. The first-order valence-electron chi connectivity index (χ1n) is 2.72. The molecule has 1 unspecified atom stereocenters. The Kier molecular flexibility index (Phi) is 3.88. The summed E-state index contributed by atoms with van der Waals surface area (Å²) >= 11 is 5.44. The zero-order chi connectivity index (χ0) is 6.57. The van der Waals surface area contributed by atoms with Gasteiger partial charge in [0, 0.05) is 12.3 Å². The highest BCUT2D eigenvalue weighted by atomic mass is 35.5. The topological polar surface area (TPSA) is 17.1 Å². The molecule has 0 rings (SSSR count). The van der Waals surface area contributed by atoms with Crippen LogP contribution in [-0.2, 0) is 4.79 Å². The maximum absolute atomic E-state index is 10.4. The molecule has 48 valence electrons. The van der Waals surface area contributed by atoms with Gasteiger partial charge in [0.05, 0.1) is 0 Å².